The summed E-state index contributed by atoms with van der Waals surface area (Å²) >= 11 is 0. The largest absolute Gasteiger partial charge is 0.455 e. The van der Waals surface area contributed by atoms with Crippen molar-refractivity contribution in [3.63, 3.8) is 0 Å². The average Bonchev–Trinajstić information content (AvgIpc) is 2.52. The van der Waals surface area contributed by atoms with Crippen LogP contribution < -0.4 is 0 Å². The molecule has 2 fully saturated rings. The molecule has 2 aliphatic rings. The fourth-order valence-corrected chi connectivity index (χ4v) is 3.50. The number of benzene rings is 1. The van der Waals surface area contributed by atoms with Gasteiger partial charge in [-0.15, -0.1) is 0 Å². The van der Waals surface area contributed by atoms with Gasteiger partial charge in [0.25, 0.3) is 0 Å². The molecule has 1 heterocycles. The second-order valence-electron chi connectivity index (χ2n) is 6.58. The van der Waals surface area contributed by atoms with E-state index in [1.165, 1.54) is 12.1 Å². The highest BCUT2D eigenvalue weighted by molar-refractivity contribution is 5.96. The van der Waals surface area contributed by atoms with Gasteiger partial charge in [0, 0.05) is 16.9 Å². The van der Waals surface area contributed by atoms with Gasteiger partial charge in [-0.25, -0.2) is 9.18 Å². The van der Waals surface area contributed by atoms with Gasteiger partial charge < -0.3 is 4.74 Å². The van der Waals surface area contributed by atoms with Crippen molar-refractivity contribution < 1.29 is 13.9 Å². The van der Waals surface area contributed by atoms with E-state index in [1.54, 1.807) is 12.1 Å². The van der Waals surface area contributed by atoms with Crippen molar-refractivity contribution in [3.05, 3.63) is 41.2 Å². The van der Waals surface area contributed by atoms with E-state index in [1.807, 2.05) is 13.0 Å². The van der Waals surface area contributed by atoms with Gasteiger partial charge in [-0.1, -0.05) is 26.0 Å². The molecule has 1 saturated heterocycles. The Bertz CT molecular complexity index is 586. The Morgan fingerprint density at radius 2 is 1.90 bits per heavy atom. The van der Waals surface area contributed by atoms with Crippen LogP contribution in [0, 0.1) is 17.2 Å². The maximum atomic E-state index is 13.0. The van der Waals surface area contributed by atoms with Crippen LogP contribution in [-0.4, -0.2) is 11.6 Å². The summed E-state index contributed by atoms with van der Waals surface area (Å²) < 4.78 is 18.7. The van der Waals surface area contributed by atoms with E-state index >= 15 is 0 Å². The summed E-state index contributed by atoms with van der Waals surface area (Å²) in [6.07, 6.45) is 3.71. The smallest absolute Gasteiger partial charge is 0.334 e. The molecule has 1 aromatic carbocycles. The Morgan fingerprint density at radius 1 is 1.25 bits per heavy atom. The second kappa shape index (κ2) is 4.18. The van der Waals surface area contributed by atoms with Crippen molar-refractivity contribution in [3.8, 4) is 0 Å². The number of rotatable bonds is 1. The molecule has 1 aromatic rings. The second-order valence-corrected chi connectivity index (χ2v) is 6.58. The summed E-state index contributed by atoms with van der Waals surface area (Å²) in [7, 11) is 0. The summed E-state index contributed by atoms with van der Waals surface area (Å²) in [6, 6.07) is 6.19. The molecule has 20 heavy (non-hydrogen) atoms. The van der Waals surface area contributed by atoms with Crippen molar-refractivity contribution in [1.29, 1.82) is 0 Å². The third kappa shape index (κ3) is 1.80. The Balaban J connectivity index is 2.01. The summed E-state index contributed by atoms with van der Waals surface area (Å²) in [6.45, 7) is 6.35. The van der Waals surface area contributed by atoms with Gasteiger partial charge in [0.1, 0.15) is 11.4 Å². The van der Waals surface area contributed by atoms with Crippen LogP contribution >= 0.6 is 0 Å². The van der Waals surface area contributed by atoms with E-state index in [2.05, 4.69) is 13.8 Å². The Hall–Kier alpha value is -1.64. The molecule has 3 rings (SSSR count). The quantitative estimate of drug-likeness (QED) is 0.572. The van der Waals surface area contributed by atoms with E-state index in [0.29, 0.717) is 0 Å². The molecule has 0 aromatic heterocycles. The number of esters is 1. The van der Waals surface area contributed by atoms with E-state index in [9.17, 15) is 9.18 Å². The van der Waals surface area contributed by atoms with Crippen LogP contribution in [0.4, 0.5) is 4.39 Å². The zero-order valence-corrected chi connectivity index (χ0v) is 12.1. The van der Waals surface area contributed by atoms with E-state index < -0.39 is 0 Å². The molecule has 0 unspecified atom stereocenters. The molecule has 0 spiro atoms. The molecule has 0 amide bonds. The molecule has 1 aliphatic carbocycles. The SMILES string of the molecule is CC1(C)[C@@H]2CC[C@@]1(C)OC(=O)/C2=C/c1ccc(F)cc1. The molecule has 1 saturated carbocycles. The fourth-order valence-electron chi connectivity index (χ4n) is 3.50. The number of fused-ring (bicyclic) bond motifs is 2. The molecule has 1 aliphatic heterocycles. The van der Waals surface area contributed by atoms with Crippen molar-refractivity contribution in [2.75, 3.05) is 0 Å². The zero-order valence-electron chi connectivity index (χ0n) is 12.1. The zero-order chi connectivity index (χ0) is 14.5. The first-order valence-electron chi connectivity index (χ1n) is 7.04. The standard InChI is InChI=1S/C17H19FO2/c1-16(2)14-8-9-17(16,3)20-15(19)13(14)10-11-4-6-12(18)7-5-11/h4-7,10,14H,8-9H2,1-3H3/b13-10+/t14-,17-/m1/s1. The lowest BCUT2D eigenvalue weighted by Crippen LogP contribution is -2.49. The maximum Gasteiger partial charge on any atom is 0.334 e. The molecule has 0 radical (unpaired) electrons. The van der Waals surface area contributed by atoms with Crippen LogP contribution in [-0.2, 0) is 9.53 Å². The van der Waals surface area contributed by atoms with E-state index in [-0.39, 0.29) is 28.7 Å². The lowest BCUT2D eigenvalue weighted by Gasteiger charge is -2.45. The van der Waals surface area contributed by atoms with Crippen molar-refractivity contribution in [2.45, 2.75) is 39.2 Å². The van der Waals surface area contributed by atoms with Gasteiger partial charge in [-0.3, -0.25) is 0 Å². The summed E-state index contributed by atoms with van der Waals surface area (Å²) in [5, 5.41) is 0. The predicted octanol–water partition coefficient (Wildman–Crippen LogP) is 3.96. The van der Waals surface area contributed by atoms with Gasteiger partial charge >= 0.3 is 5.97 Å². The molecule has 3 heteroatoms. The molecular weight excluding hydrogens is 255 g/mol. The first-order valence-corrected chi connectivity index (χ1v) is 7.04. The minimum atomic E-state index is -0.366. The average molecular weight is 274 g/mol. The van der Waals surface area contributed by atoms with Crippen molar-refractivity contribution >= 4 is 12.0 Å². The highest BCUT2D eigenvalue weighted by Crippen LogP contribution is 2.58. The van der Waals surface area contributed by atoms with E-state index in [0.717, 1.165) is 24.0 Å². The lowest BCUT2D eigenvalue weighted by atomic mass is 9.68. The highest BCUT2D eigenvalue weighted by atomic mass is 19.1. The summed E-state index contributed by atoms with van der Waals surface area (Å²) in [5.74, 6) is -0.287. The fraction of sp³-hybridized carbons (Fsp3) is 0.471. The number of carbonyl (C=O) groups is 1. The van der Waals surface area contributed by atoms with Crippen molar-refractivity contribution in [1.82, 2.24) is 0 Å². The Labute approximate surface area is 118 Å². The topological polar surface area (TPSA) is 26.3 Å². The van der Waals surface area contributed by atoms with Crippen LogP contribution in [0.3, 0.4) is 0 Å². The minimum Gasteiger partial charge on any atom is -0.455 e. The third-order valence-corrected chi connectivity index (χ3v) is 5.27. The number of hydrogen-bond donors (Lipinski definition) is 0. The van der Waals surface area contributed by atoms with Crippen LogP contribution in [0.5, 0.6) is 0 Å². The minimum absolute atomic E-state index is 0.0627. The number of carbonyl (C=O) groups excluding carboxylic acids is 1. The van der Waals surface area contributed by atoms with Crippen LogP contribution in [0.2, 0.25) is 0 Å². The normalized spacial score (nSPS) is 33.3. The summed E-state index contributed by atoms with van der Waals surface area (Å²) in [5.41, 5.74) is 1.13. The highest BCUT2D eigenvalue weighted by Gasteiger charge is 2.59. The molecule has 0 N–H and O–H groups in total. The molecule has 2 nitrogen and oxygen atoms in total. The van der Waals surface area contributed by atoms with Crippen molar-refractivity contribution in [2.24, 2.45) is 11.3 Å². The van der Waals surface area contributed by atoms with Crippen LogP contribution in [0.1, 0.15) is 39.2 Å². The summed E-state index contributed by atoms with van der Waals surface area (Å²) in [4.78, 5) is 12.3. The van der Waals surface area contributed by atoms with Crippen LogP contribution in [0.25, 0.3) is 6.08 Å². The molecule has 106 valence electrons. The maximum absolute atomic E-state index is 13.0. The van der Waals surface area contributed by atoms with E-state index in [4.69, 9.17) is 4.74 Å². The van der Waals surface area contributed by atoms with Gasteiger partial charge in [-0.2, -0.15) is 0 Å². The first-order chi connectivity index (χ1) is 9.33. The third-order valence-electron chi connectivity index (χ3n) is 5.27. The molecule has 2 atom stereocenters. The predicted molar refractivity (Wildman–Crippen MR) is 75.4 cm³/mol. The number of hydrogen-bond acceptors (Lipinski definition) is 2. The monoisotopic (exact) mass is 274 g/mol. The Morgan fingerprint density at radius 3 is 2.55 bits per heavy atom. The molecular formula is C17H19FO2. The lowest BCUT2D eigenvalue weighted by molar-refractivity contribution is -0.172. The van der Waals surface area contributed by atoms with Gasteiger partial charge in [0.15, 0.2) is 0 Å². The Kier molecular flexibility index (Phi) is 2.79. The van der Waals surface area contributed by atoms with Gasteiger partial charge in [0.05, 0.1) is 0 Å². The van der Waals surface area contributed by atoms with Crippen LogP contribution in [0.15, 0.2) is 29.8 Å². The van der Waals surface area contributed by atoms with Gasteiger partial charge in [0.2, 0.25) is 0 Å². The van der Waals surface area contributed by atoms with Gasteiger partial charge in [-0.05, 0) is 43.5 Å². The number of ether oxygens (including phenoxy) is 1. The molecule has 2 bridgehead atoms. The first kappa shape index (κ1) is 13.3. The number of halogens is 1.